The maximum absolute atomic E-state index is 12.6. The number of benzene rings is 3. The summed E-state index contributed by atoms with van der Waals surface area (Å²) >= 11 is 0. The van der Waals surface area contributed by atoms with Gasteiger partial charge < -0.3 is 24.8 Å². The van der Waals surface area contributed by atoms with Gasteiger partial charge in [0.15, 0.2) is 0 Å². The van der Waals surface area contributed by atoms with Gasteiger partial charge in [-0.15, -0.1) is 0 Å². The highest BCUT2D eigenvalue weighted by Crippen LogP contribution is 2.31. The van der Waals surface area contributed by atoms with Crippen LogP contribution in [0.3, 0.4) is 0 Å². The molecule has 2 N–H and O–H groups in total. The molecule has 33 heavy (non-hydrogen) atoms. The topological polar surface area (TPSA) is 88.1 Å². The molecule has 0 spiro atoms. The van der Waals surface area contributed by atoms with Crippen molar-refractivity contribution in [1.82, 2.24) is 4.90 Å². The van der Waals surface area contributed by atoms with Crippen molar-refractivity contribution in [2.24, 2.45) is 0 Å². The fourth-order valence-corrected chi connectivity index (χ4v) is 3.90. The first-order valence-electron chi connectivity index (χ1n) is 10.7. The first-order chi connectivity index (χ1) is 16.1. The minimum atomic E-state index is -0.530. The second-order valence-corrected chi connectivity index (χ2v) is 7.79. The fourth-order valence-electron chi connectivity index (χ4n) is 3.90. The molecule has 1 heterocycles. The molecule has 0 bridgehead atoms. The Balaban J connectivity index is 1.47. The number of aliphatic hydroxyl groups is 1. The average molecular weight is 447 g/mol. The molecule has 4 rings (SSSR count). The number of hydrogen-bond acceptors (Lipinski definition) is 5. The predicted octanol–water partition coefficient (Wildman–Crippen LogP) is 3.41. The molecule has 0 saturated carbocycles. The van der Waals surface area contributed by atoms with E-state index in [4.69, 9.17) is 9.47 Å². The van der Waals surface area contributed by atoms with Crippen LogP contribution < -0.4 is 10.1 Å². The average Bonchev–Trinajstić information content (AvgIpc) is 2.86. The van der Waals surface area contributed by atoms with Crippen molar-refractivity contribution in [3.63, 3.8) is 0 Å². The molecule has 1 saturated heterocycles. The molecule has 0 aromatic heterocycles. The van der Waals surface area contributed by atoms with Gasteiger partial charge in [-0.25, -0.2) is 0 Å². The largest absolute Gasteiger partial charge is 0.497 e. The zero-order chi connectivity index (χ0) is 23.2. The van der Waals surface area contributed by atoms with E-state index in [1.54, 1.807) is 36.3 Å². The first kappa shape index (κ1) is 22.5. The molecule has 2 atom stereocenters. The molecule has 3 aromatic rings. The van der Waals surface area contributed by atoms with E-state index in [1.165, 1.54) is 0 Å². The van der Waals surface area contributed by atoms with E-state index in [0.717, 1.165) is 16.9 Å². The second kappa shape index (κ2) is 10.3. The van der Waals surface area contributed by atoms with Crippen LogP contribution in [0.1, 0.15) is 27.6 Å². The third-order valence-corrected chi connectivity index (χ3v) is 5.69. The van der Waals surface area contributed by atoms with Crippen molar-refractivity contribution in [1.29, 1.82) is 0 Å². The zero-order valence-corrected chi connectivity index (χ0v) is 18.3. The molecule has 1 fully saturated rings. The van der Waals surface area contributed by atoms with Crippen LogP contribution >= 0.6 is 0 Å². The van der Waals surface area contributed by atoms with E-state index in [9.17, 15) is 14.7 Å². The van der Waals surface area contributed by atoms with Crippen molar-refractivity contribution in [3.8, 4) is 5.75 Å². The predicted molar refractivity (Wildman–Crippen MR) is 124 cm³/mol. The number of carbonyl (C=O) groups excluding carboxylic acids is 2. The van der Waals surface area contributed by atoms with Crippen LogP contribution in [0.5, 0.6) is 5.75 Å². The van der Waals surface area contributed by atoms with E-state index in [1.807, 2.05) is 54.6 Å². The molecule has 2 amide bonds. The highest BCUT2D eigenvalue weighted by molar-refractivity contribution is 6.04. The molecule has 1 aliphatic heterocycles. The molecule has 7 heteroatoms. The highest BCUT2D eigenvalue weighted by atomic mass is 16.5. The van der Waals surface area contributed by atoms with Crippen LogP contribution in [0.15, 0.2) is 78.9 Å². The smallest absolute Gasteiger partial charge is 0.255 e. The molecule has 170 valence electrons. The summed E-state index contributed by atoms with van der Waals surface area (Å²) in [6.45, 7) is 0.0575. The van der Waals surface area contributed by atoms with Gasteiger partial charge in [0.2, 0.25) is 5.91 Å². The maximum atomic E-state index is 12.6. The van der Waals surface area contributed by atoms with Crippen molar-refractivity contribution in [2.45, 2.75) is 18.7 Å². The number of nitrogens with one attached hydrogen (secondary N) is 1. The van der Waals surface area contributed by atoms with Crippen molar-refractivity contribution in [3.05, 3.63) is 95.6 Å². The molecular formula is C26H26N2O5. The quantitative estimate of drug-likeness (QED) is 0.581. The number of morpholine rings is 1. The Labute approximate surface area is 192 Å². The monoisotopic (exact) mass is 446 g/mol. The second-order valence-electron chi connectivity index (χ2n) is 7.79. The fraction of sp³-hybridized carbons (Fsp3) is 0.231. The molecule has 0 radical (unpaired) electrons. The summed E-state index contributed by atoms with van der Waals surface area (Å²) < 4.78 is 11.0. The number of aliphatic hydroxyl groups excluding tert-OH is 1. The summed E-state index contributed by atoms with van der Waals surface area (Å²) in [5.74, 6) is 0.373. The Morgan fingerprint density at radius 2 is 1.76 bits per heavy atom. The SMILES string of the molecule is COc1ccc(CN2C(=O)COC(c3ccc(NC(=O)c4ccccc4)cc3)C2CO)cc1. The third kappa shape index (κ3) is 5.22. The molecule has 2 unspecified atom stereocenters. The van der Waals surface area contributed by atoms with Crippen LogP contribution in [-0.2, 0) is 16.1 Å². The van der Waals surface area contributed by atoms with Gasteiger partial charge in [0.1, 0.15) is 18.5 Å². The van der Waals surface area contributed by atoms with Gasteiger partial charge in [0.05, 0.1) is 19.8 Å². The van der Waals surface area contributed by atoms with Gasteiger partial charge in [-0.3, -0.25) is 9.59 Å². The number of methoxy groups -OCH3 is 1. The maximum Gasteiger partial charge on any atom is 0.255 e. The van der Waals surface area contributed by atoms with Crippen LogP contribution in [0.4, 0.5) is 5.69 Å². The summed E-state index contributed by atoms with van der Waals surface area (Å²) in [4.78, 5) is 26.6. The van der Waals surface area contributed by atoms with Gasteiger partial charge in [0, 0.05) is 17.8 Å². The molecular weight excluding hydrogens is 420 g/mol. The molecule has 0 aliphatic carbocycles. The lowest BCUT2D eigenvalue weighted by atomic mass is 9.98. The Kier molecular flexibility index (Phi) is 7.02. The van der Waals surface area contributed by atoms with Gasteiger partial charge in [-0.05, 0) is 47.5 Å². The first-order valence-corrected chi connectivity index (χ1v) is 10.7. The Morgan fingerprint density at radius 3 is 2.39 bits per heavy atom. The summed E-state index contributed by atoms with van der Waals surface area (Å²) in [5.41, 5.74) is 2.97. The number of amides is 2. The van der Waals surface area contributed by atoms with Gasteiger partial charge in [0.25, 0.3) is 5.91 Å². The van der Waals surface area contributed by atoms with E-state index in [-0.39, 0.29) is 25.0 Å². The zero-order valence-electron chi connectivity index (χ0n) is 18.3. The van der Waals surface area contributed by atoms with E-state index in [2.05, 4.69) is 5.32 Å². The number of rotatable bonds is 7. The molecule has 1 aliphatic rings. The highest BCUT2D eigenvalue weighted by Gasteiger charge is 2.37. The number of carbonyl (C=O) groups is 2. The normalized spacial score (nSPS) is 18.1. The lowest BCUT2D eigenvalue weighted by Gasteiger charge is -2.40. The van der Waals surface area contributed by atoms with Crippen LogP contribution in [-0.4, -0.2) is 48.2 Å². The Morgan fingerprint density at radius 1 is 1.06 bits per heavy atom. The molecule has 3 aromatic carbocycles. The number of anilines is 1. The number of ether oxygens (including phenoxy) is 2. The van der Waals surface area contributed by atoms with Crippen LogP contribution in [0, 0.1) is 0 Å². The van der Waals surface area contributed by atoms with Crippen molar-refractivity contribution in [2.75, 3.05) is 25.6 Å². The van der Waals surface area contributed by atoms with E-state index >= 15 is 0 Å². The molecule has 7 nitrogen and oxygen atoms in total. The summed E-state index contributed by atoms with van der Waals surface area (Å²) in [6.07, 6.45) is -0.482. The minimum absolute atomic E-state index is 0.0657. The summed E-state index contributed by atoms with van der Waals surface area (Å²) in [7, 11) is 1.60. The number of hydrogen-bond donors (Lipinski definition) is 2. The van der Waals surface area contributed by atoms with Crippen LogP contribution in [0.2, 0.25) is 0 Å². The number of nitrogens with zero attached hydrogens (tertiary/aromatic N) is 1. The van der Waals surface area contributed by atoms with Gasteiger partial charge in [-0.1, -0.05) is 42.5 Å². The van der Waals surface area contributed by atoms with Crippen LogP contribution in [0.25, 0.3) is 0 Å². The summed E-state index contributed by atoms with van der Waals surface area (Å²) in [5, 5.41) is 13.0. The lowest BCUT2D eigenvalue weighted by Crippen LogP contribution is -2.52. The summed E-state index contributed by atoms with van der Waals surface area (Å²) in [6, 6.07) is 23.2. The van der Waals surface area contributed by atoms with E-state index < -0.39 is 12.1 Å². The van der Waals surface area contributed by atoms with E-state index in [0.29, 0.717) is 17.8 Å². The standard InChI is InChI=1S/C26H26N2O5/c1-32-22-13-7-18(8-14-22)15-28-23(16-29)25(33-17-24(28)30)19-9-11-21(12-10-19)27-26(31)20-5-3-2-4-6-20/h2-14,23,25,29H,15-17H2,1H3,(H,27,31). The van der Waals surface area contributed by atoms with Crippen molar-refractivity contribution < 1.29 is 24.2 Å². The minimum Gasteiger partial charge on any atom is -0.497 e. The Bertz CT molecular complexity index is 1080. The third-order valence-electron chi connectivity index (χ3n) is 5.69. The van der Waals surface area contributed by atoms with Gasteiger partial charge >= 0.3 is 0 Å². The Hall–Kier alpha value is -3.68. The lowest BCUT2D eigenvalue weighted by molar-refractivity contribution is -0.162. The van der Waals surface area contributed by atoms with Crippen molar-refractivity contribution >= 4 is 17.5 Å². The van der Waals surface area contributed by atoms with Gasteiger partial charge in [-0.2, -0.15) is 0 Å².